The van der Waals surface area contributed by atoms with Gasteiger partial charge in [-0.15, -0.1) is 0 Å². The summed E-state index contributed by atoms with van der Waals surface area (Å²) in [5.41, 5.74) is 3.44. The van der Waals surface area contributed by atoms with Crippen molar-refractivity contribution in [3.63, 3.8) is 0 Å². The van der Waals surface area contributed by atoms with Crippen LogP contribution < -0.4 is 5.32 Å². The summed E-state index contributed by atoms with van der Waals surface area (Å²) in [5, 5.41) is 5.50. The van der Waals surface area contributed by atoms with Crippen LogP contribution >= 0.6 is 23.2 Å². The highest BCUT2D eigenvalue weighted by molar-refractivity contribution is 6.33. The monoisotopic (exact) mass is 365 g/mol. The second-order valence-corrected chi connectivity index (χ2v) is 6.37. The third-order valence-corrected chi connectivity index (χ3v) is 4.42. The first-order chi connectivity index (χ1) is 12.2. The number of halogens is 2. The Bertz CT molecular complexity index is 1050. The summed E-state index contributed by atoms with van der Waals surface area (Å²) >= 11 is 12.2. The first kappa shape index (κ1) is 15.9. The van der Waals surface area contributed by atoms with Gasteiger partial charge in [-0.05, 0) is 30.3 Å². The van der Waals surface area contributed by atoms with Crippen LogP contribution in [0.4, 0.5) is 11.6 Å². The number of nitrogens with one attached hydrogen (secondary N) is 1. The molecule has 122 valence electrons. The van der Waals surface area contributed by atoms with Crippen molar-refractivity contribution < 1.29 is 0 Å². The van der Waals surface area contributed by atoms with Gasteiger partial charge in [0.2, 0.25) is 5.95 Å². The normalized spacial score (nSPS) is 10.8. The van der Waals surface area contributed by atoms with Gasteiger partial charge in [-0.1, -0.05) is 65.7 Å². The predicted molar refractivity (Wildman–Crippen MR) is 105 cm³/mol. The molecular weight excluding hydrogens is 353 g/mol. The van der Waals surface area contributed by atoms with Gasteiger partial charge in [0.15, 0.2) is 0 Å². The lowest BCUT2D eigenvalue weighted by molar-refractivity contribution is 1.22. The minimum atomic E-state index is 0.497. The van der Waals surface area contributed by atoms with Crippen LogP contribution in [0.1, 0.15) is 0 Å². The van der Waals surface area contributed by atoms with Crippen LogP contribution in [-0.4, -0.2) is 9.97 Å². The minimum Gasteiger partial charge on any atom is -0.323 e. The minimum absolute atomic E-state index is 0.497. The van der Waals surface area contributed by atoms with Gasteiger partial charge in [-0.25, -0.2) is 9.97 Å². The molecule has 3 aromatic carbocycles. The molecule has 0 unspecified atom stereocenters. The maximum Gasteiger partial charge on any atom is 0.228 e. The van der Waals surface area contributed by atoms with Gasteiger partial charge < -0.3 is 5.32 Å². The van der Waals surface area contributed by atoms with E-state index in [1.807, 2.05) is 72.8 Å². The van der Waals surface area contributed by atoms with E-state index in [1.54, 1.807) is 0 Å². The number of hydrogen-bond donors (Lipinski definition) is 1. The van der Waals surface area contributed by atoms with E-state index in [9.17, 15) is 0 Å². The Morgan fingerprint density at radius 2 is 1.44 bits per heavy atom. The molecule has 0 aliphatic rings. The molecule has 4 rings (SSSR count). The zero-order valence-corrected chi connectivity index (χ0v) is 14.6. The Labute approximate surface area is 155 Å². The van der Waals surface area contributed by atoms with Crippen LogP contribution in [0.15, 0.2) is 72.8 Å². The molecule has 1 aromatic heterocycles. The maximum atomic E-state index is 6.23. The van der Waals surface area contributed by atoms with Crippen LogP contribution in [0.25, 0.3) is 22.2 Å². The molecule has 3 nitrogen and oxygen atoms in total. The van der Waals surface area contributed by atoms with E-state index in [0.29, 0.717) is 16.0 Å². The molecule has 1 N–H and O–H groups in total. The number of aromatic nitrogens is 2. The number of anilines is 2. The molecule has 0 aliphatic heterocycles. The fourth-order valence-corrected chi connectivity index (χ4v) is 2.95. The molecule has 1 heterocycles. The fraction of sp³-hybridized carbons (Fsp3) is 0. The van der Waals surface area contributed by atoms with E-state index < -0.39 is 0 Å². The maximum absolute atomic E-state index is 6.23. The first-order valence-corrected chi connectivity index (χ1v) is 8.50. The van der Waals surface area contributed by atoms with E-state index in [2.05, 4.69) is 10.3 Å². The standard InChI is InChI=1S/C20H13Cl2N3/c21-14-11-9-13(10-12-14)19-15-5-1-3-7-17(15)23-20(25-19)24-18-8-4-2-6-16(18)22/h1-12H,(H,23,24,25). The summed E-state index contributed by atoms with van der Waals surface area (Å²) in [6.07, 6.45) is 0. The molecule has 25 heavy (non-hydrogen) atoms. The third-order valence-electron chi connectivity index (χ3n) is 3.84. The van der Waals surface area contributed by atoms with Crippen molar-refractivity contribution in [2.45, 2.75) is 0 Å². The lowest BCUT2D eigenvalue weighted by Crippen LogP contribution is -2.00. The van der Waals surface area contributed by atoms with Gasteiger partial charge in [0.05, 0.1) is 21.9 Å². The molecule has 0 spiro atoms. The number of fused-ring (bicyclic) bond motifs is 1. The molecule has 0 saturated heterocycles. The third kappa shape index (κ3) is 3.29. The van der Waals surface area contributed by atoms with E-state index in [4.69, 9.17) is 28.2 Å². The molecule has 0 amide bonds. The molecule has 0 saturated carbocycles. The Hall–Kier alpha value is -2.62. The summed E-state index contributed by atoms with van der Waals surface area (Å²) in [6, 6.07) is 23.0. The van der Waals surface area contributed by atoms with E-state index >= 15 is 0 Å². The highest BCUT2D eigenvalue weighted by Crippen LogP contribution is 2.30. The van der Waals surface area contributed by atoms with E-state index in [1.165, 1.54) is 0 Å². The predicted octanol–water partition coefficient (Wildman–Crippen LogP) is 6.35. The van der Waals surface area contributed by atoms with Crippen molar-refractivity contribution >= 4 is 45.7 Å². The summed E-state index contributed by atoms with van der Waals surface area (Å²) < 4.78 is 0. The summed E-state index contributed by atoms with van der Waals surface area (Å²) in [5.74, 6) is 0.497. The van der Waals surface area contributed by atoms with Gasteiger partial charge in [0.25, 0.3) is 0 Å². The second kappa shape index (κ2) is 6.71. The number of hydrogen-bond acceptors (Lipinski definition) is 3. The van der Waals surface area contributed by atoms with Crippen molar-refractivity contribution in [1.29, 1.82) is 0 Å². The zero-order valence-electron chi connectivity index (χ0n) is 13.1. The Morgan fingerprint density at radius 3 is 2.24 bits per heavy atom. The average molecular weight is 366 g/mol. The van der Waals surface area contributed by atoms with E-state index in [-0.39, 0.29) is 0 Å². The number of para-hydroxylation sites is 2. The molecule has 4 aromatic rings. The van der Waals surface area contributed by atoms with Crippen LogP contribution in [0.3, 0.4) is 0 Å². The van der Waals surface area contributed by atoms with Gasteiger partial charge in [0, 0.05) is 16.0 Å². The quantitative estimate of drug-likeness (QED) is 0.459. The van der Waals surface area contributed by atoms with Crippen molar-refractivity contribution in [2.24, 2.45) is 0 Å². The van der Waals surface area contributed by atoms with Crippen molar-refractivity contribution in [1.82, 2.24) is 9.97 Å². The molecule has 0 bridgehead atoms. The average Bonchev–Trinajstić information content (AvgIpc) is 2.64. The topological polar surface area (TPSA) is 37.8 Å². The lowest BCUT2D eigenvalue weighted by atomic mass is 10.1. The lowest BCUT2D eigenvalue weighted by Gasteiger charge is -2.11. The van der Waals surface area contributed by atoms with E-state index in [0.717, 1.165) is 27.8 Å². The van der Waals surface area contributed by atoms with Crippen molar-refractivity contribution in [3.05, 3.63) is 82.8 Å². The summed E-state index contributed by atoms with van der Waals surface area (Å²) in [6.45, 7) is 0. The number of nitrogens with zero attached hydrogens (tertiary/aromatic N) is 2. The smallest absolute Gasteiger partial charge is 0.228 e. The van der Waals surface area contributed by atoms with Crippen molar-refractivity contribution in [2.75, 3.05) is 5.32 Å². The molecule has 0 radical (unpaired) electrons. The van der Waals surface area contributed by atoms with Gasteiger partial charge in [0.1, 0.15) is 0 Å². The molecular formula is C20H13Cl2N3. The molecule has 0 atom stereocenters. The molecule has 0 aliphatic carbocycles. The summed E-state index contributed by atoms with van der Waals surface area (Å²) in [4.78, 5) is 9.32. The summed E-state index contributed by atoms with van der Waals surface area (Å²) in [7, 11) is 0. The van der Waals surface area contributed by atoms with Crippen LogP contribution in [0, 0.1) is 0 Å². The van der Waals surface area contributed by atoms with Crippen LogP contribution in [-0.2, 0) is 0 Å². The highest BCUT2D eigenvalue weighted by atomic mass is 35.5. The number of rotatable bonds is 3. The highest BCUT2D eigenvalue weighted by Gasteiger charge is 2.10. The fourth-order valence-electron chi connectivity index (χ4n) is 2.64. The Balaban J connectivity index is 1.86. The largest absolute Gasteiger partial charge is 0.323 e. The molecule has 5 heteroatoms. The van der Waals surface area contributed by atoms with Gasteiger partial charge in [-0.2, -0.15) is 0 Å². The zero-order chi connectivity index (χ0) is 17.2. The second-order valence-electron chi connectivity index (χ2n) is 5.52. The van der Waals surface area contributed by atoms with Gasteiger partial charge >= 0.3 is 0 Å². The van der Waals surface area contributed by atoms with Crippen LogP contribution in [0.5, 0.6) is 0 Å². The SMILES string of the molecule is Clc1ccc(-c2nc(Nc3ccccc3Cl)nc3ccccc23)cc1. The Morgan fingerprint density at radius 1 is 0.720 bits per heavy atom. The molecule has 0 fully saturated rings. The Kier molecular flexibility index (Phi) is 4.26. The number of benzene rings is 3. The van der Waals surface area contributed by atoms with Gasteiger partial charge in [-0.3, -0.25) is 0 Å². The van der Waals surface area contributed by atoms with Crippen LogP contribution in [0.2, 0.25) is 10.0 Å². The van der Waals surface area contributed by atoms with Crippen molar-refractivity contribution in [3.8, 4) is 11.3 Å². The first-order valence-electron chi connectivity index (χ1n) is 7.75.